The summed E-state index contributed by atoms with van der Waals surface area (Å²) in [6, 6.07) is 13.9. The summed E-state index contributed by atoms with van der Waals surface area (Å²) in [5.74, 6) is -0.402. The predicted molar refractivity (Wildman–Crippen MR) is 118 cm³/mol. The molecule has 32 heavy (non-hydrogen) atoms. The number of methoxy groups -OCH3 is 2. The third-order valence-corrected chi connectivity index (χ3v) is 5.55. The second-order valence-corrected chi connectivity index (χ2v) is 7.56. The molecule has 8 heteroatoms. The maximum absolute atomic E-state index is 13.1. The summed E-state index contributed by atoms with van der Waals surface area (Å²) < 4.78 is 16.2. The molecule has 0 saturated carbocycles. The zero-order chi connectivity index (χ0) is 22.8. The van der Waals surface area contributed by atoms with E-state index in [9.17, 15) is 14.7 Å². The third kappa shape index (κ3) is 3.83. The lowest BCUT2D eigenvalue weighted by atomic mass is 9.94. The Morgan fingerprint density at radius 2 is 1.84 bits per heavy atom. The fraction of sp³-hybridized carbons (Fsp3) is 0.167. The Labute approximate surface area is 189 Å². The molecule has 2 heterocycles. The summed E-state index contributed by atoms with van der Waals surface area (Å²) in [6.45, 7) is 0.0365. The Morgan fingerprint density at radius 3 is 2.47 bits per heavy atom. The molecule has 1 aliphatic rings. The van der Waals surface area contributed by atoms with Gasteiger partial charge in [-0.05, 0) is 48.5 Å². The first-order chi connectivity index (χ1) is 15.4. The number of nitrogens with zero attached hydrogens (tertiary/aromatic N) is 1. The molecule has 1 aromatic heterocycles. The summed E-state index contributed by atoms with van der Waals surface area (Å²) in [6.07, 6.45) is 1.49. The van der Waals surface area contributed by atoms with Gasteiger partial charge in [-0.25, -0.2) is 0 Å². The minimum atomic E-state index is -0.906. The van der Waals surface area contributed by atoms with Gasteiger partial charge in [0.1, 0.15) is 23.0 Å². The van der Waals surface area contributed by atoms with Crippen molar-refractivity contribution < 1.29 is 28.6 Å². The largest absolute Gasteiger partial charge is 0.507 e. The Bertz CT molecular complexity index is 1180. The van der Waals surface area contributed by atoms with Crippen LogP contribution in [-0.2, 0) is 16.1 Å². The zero-order valence-corrected chi connectivity index (χ0v) is 18.1. The maximum Gasteiger partial charge on any atom is 0.296 e. The van der Waals surface area contributed by atoms with E-state index < -0.39 is 17.7 Å². The van der Waals surface area contributed by atoms with Crippen LogP contribution in [0.15, 0.2) is 70.9 Å². The number of ether oxygens (including phenoxy) is 2. The van der Waals surface area contributed by atoms with Crippen LogP contribution in [0.5, 0.6) is 11.5 Å². The number of halogens is 1. The zero-order valence-electron chi connectivity index (χ0n) is 17.4. The minimum Gasteiger partial charge on any atom is -0.507 e. The van der Waals surface area contributed by atoms with Crippen molar-refractivity contribution in [2.75, 3.05) is 14.2 Å². The molecule has 0 aliphatic carbocycles. The van der Waals surface area contributed by atoms with Gasteiger partial charge >= 0.3 is 0 Å². The van der Waals surface area contributed by atoms with Gasteiger partial charge in [-0.1, -0.05) is 11.6 Å². The van der Waals surface area contributed by atoms with Gasteiger partial charge in [-0.15, -0.1) is 0 Å². The molecule has 164 valence electrons. The topological polar surface area (TPSA) is 89.2 Å². The number of rotatable bonds is 6. The normalized spacial score (nSPS) is 17.6. The average Bonchev–Trinajstić information content (AvgIpc) is 3.41. The maximum atomic E-state index is 13.1. The van der Waals surface area contributed by atoms with Crippen molar-refractivity contribution in [2.45, 2.75) is 12.6 Å². The van der Waals surface area contributed by atoms with E-state index in [4.69, 9.17) is 25.5 Å². The van der Waals surface area contributed by atoms with Crippen molar-refractivity contribution in [1.82, 2.24) is 4.90 Å². The lowest BCUT2D eigenvalue weighted by Crippen LogP contribution is -2.29. The summed E-state index contributed by atoms with van der Waals surface area (Å²) >= 11 is 5.96. The Kier molecular flexibility index (Phi) is 5.92. The van der Waals surface area contributed by atoms with E-state index in [0.717, 1.165) is 0 Å². The number of carbonyl (C=O) groups excluding carboxylic acids is 2. The highest BCUT2D eigenvalue weighted by Crippen LogP contribution is 2.44. The first-order valence-electron chi connectivity index (χ1n) is 9.73. The van der Waals surface area contributed by atoms with Crippen molar-refractivity contribution >= 4 is 29.1 Å². The van der Waals surface area contributed by atoms with Gasteiger partial charge in [0.2, 0.25) is 0 Å². The van der Waals surface area contributed by atoms with Crippen LogP contribution in [0.3, 0.4) is 0 Å². The molecule has 1 N–H and O–H groups in total. The SMILES string of the molecule is COc1ccc([C@H]2C(=C(O)c3ccc(Cl)cc3)C(=O)C(=O)N2Cc2ccco2)c(OC)c1. The van der Waals surface area contributed by atoms with Crippen LogP contribution in [0.4, 0.5) is 0 Å². The average molecular weight is 454 g/mol. The van der Waals surface area contributed by atoms with E-state index in [2.05, 4.69) is 0 Å². The van der Waals surface area contributed by atoms with Crippen molar-refractivity contribution in [2.24, 2.45) is 0 Å². The molecule has 0 unspecified atom stereocenters. The van der Waals surface area contributed by atoms with Gasteiger partial charge in [0.05, 0.1) is 38.6 Å². The molecule has 3 aromatic rings. The van der Waals surface area contributed by atoms with E-state index in [-0.39, 0.29) is 17.9 Å². The number of Topliss-reactive ketones (excluding diaryl/α,β-unsaturated/α-hetero) is 1. The molecule has 1 saturated heterocycles. The van der Waals surface area contributed by atoms with Crippen LogP contribution in [0, 0.1) is 0 Å². The Balaban J connectivity index is 1.91. The first-order valence-corrected chi connectivity index (χ1v) is 10.1. The first kappa shape index (κ1) is 21.5. The number of amides is 1. The van der Waals surface area contributed by atoms with Crippen LogP contribution < -0.4 is 9.47 Å². The molecular weight excluding hydrogens is 434 g/mol. The van der Waals surface area contributed by atoms with E-state index >= 15 is 0 Å². The molecule has 0 spiro atoms. The second kappa shape index (κ2) is 8.80. The number of benzene rings is 2. The van der Waals surface area contributed by atoms with Crippen molar-refractivity contribution in [3.8, 4) is 11.5 Å². The number of furan rings is 1. The lowest BCUT2D eigenvalue weighted by Gasteiger charge is -2.26. The molecule has 1 atom stereocenters. The molecule has 0 bridgehead atoms. The number of likely N-dealkylation sites (tertiary alicyclic amines) is 1. The van der Waals surface area contributed by atoms with E-state index in [1.54, 1.807) is 54.6 Å². The predicted octanol–water partition coefficient (Wildman–Crippen LogP) is 4.57. The highest BCUT2D eigenvalue weighted by Gasteiger charge is 2.47. The van der Waals surface area contributed by atoms with Crippen molar-refractivity contribution in [3.05, 3.63) is 88.3 Å². The van der Waals surface area contributed by atoms with E-state index in [1.165, 1.54) is 25.4 Å². The van der Waals surface area contributed by atoms with Gasteiger partial charge in [0, 0.05) is 22.2 Å². The smallest absolute Gasteiger partial charge is 0.296 e. The molecule has 1 aliphatic heterocycles. The van der Waals surface area contributed by atoms with Gasteiger partial charge in [0.15, 0.2) is 0 Å². The number of aliphatic hydroxyl groups is 1. The molecule has 4 rings (SSSR count). The summed E-state index contributed by atoms with van der Waals surface area (Å²) in [5.41, 5.74) is 0.838. The monoisotopic (exact) mass is 453 g/mol. The van der Waals surface area contributed by atoms with Crippen LogP contribution >= 0.6 is 11.6 Å². The number of ketones is 1. The summed E-state index contributed by atoms with van der Waals surface area (Å²) in [5, 5.41) is 11.6. The molecule has 0 radical (unpaired) electrons. The minimum absolute atomic E-state index is 0.0365. The van der Waals surface area contributed by atoms with Crippen LogP contribution in [0.25, 0.3) is 5.76 Å². The summed E-state index contributed by atoms with van der Waals surface area (Å²) in [7, 11) is 3.01. The second-order valence-electron chi connectivity index (χ2n) is 7.12. The molecular formula is C24H20ClNO6. The molecule has 1 fully saturated rings. The van der Waals surface area contributed by atoms with Crippen molar-refractivity contribution in [3.63, 3.8) is 0 Å². The van der Waals surface area contributed by atoms with E-state index in [1.807, 2.05) is 0 Å². The fourth-order valence-electron chi connectivity index (χ4n) is 3.74. The van der Waals surface area contributed by atoms with Gasteiger partial charge in [0.25, 0.3) is 11.7 Å². The summed E-state index contributed by atoms with van der Waals surface area (Å²) in [4.78, 5) is 27.5. The number of hydrogen-bond acceptors (Lipinski definition) is 6. The lowest BCUT2D eigenvalue weighted by molar-refractivity contribution is -0.140. The Morgan fingerprint density at radius 1 is 1.09 bits per heavy atom. The van der Waals surface area contributed by atoms with Crippen LogP contribution in [0.2, 0.25) is 5.02 Å². The van der Waals surface area contributed by atoms with Crippen LogP contribution in [-0.4, -0.2) is 35.9 Å². The standard InChI is InChI=1S/C24H20ClNO6/c1-30-16-9-10-18(19(12-16)31-2)21-20(22(27)14-5-7-15(25)8-6-14)23(28)24(29)26(21)13-17-4-3-11-32-17/h3-12,21,27H,13H2,1-2H3/t21-/m0/s1. The van der Waals surface area contributed by atoms with E-state index in [0.29, 0.717) is 33.4 Å². The third-order valence-electron chi connectivity index (χ3n) is 5.30. The quantitative estimate of drug-likeness (QED) is 0.334. The fourth-order valence-corrected chi connectivity index (χ4v) is 3.87. The highest BCUT2D eigenvalue weighted by molar-refractivity contribution is 6.46. The van der Waals surface area contributed by atoms with Crippen LogP contribution in [0.1, 0.15) is 22.9 Å². The highest BCUT2D eigenvalue weighted by atomic mass is 35.5. The molecule has 7 nitrogen and oxygen atoms in total. The number of hydrogen-bond donors (Lipinski definition) is 1. The molecule has 2 aromatic carbocycles. The Hall–Kier alpha value is -3.71. The van der Waals surface area contributed by atoms with Crippen molar-refractivity contribution in [1.29, 1.82) is 0 Å². The van der Waals surface area contributed by atoms with Gasteiger partial charge < -0.3 is 23.9 Å². The van der Waals surface area contributed by atoms with Gasteiger partial charge in [-0.2, -0.15) is 0 Å². The van der Waals surface area contributed by atoms with Gasteiger partial charge in [-0.3, -0.25) is 9.59 Å². The number of aliphatic hydroxyl groups excluding tert-OH is 1. The number of carbonyl (C=O) groups is 2. The molecule has 1 amide bonds.